The summed E-state index contributed by atoms with van der Waals surface area (Å²) in [6.45, 7) is 4.40. The molecule has 2 amide bonds. The molecular formula is C22H26Cl2N2O3S. The Labute approximate surface area is 192 Å². The number of nitrogens with one attached hydrogen (secondary N) is 1. The molecular weight excluding hydrogens is 443 g/mol. The minimum Gasteiger partial charge on any atom is -0.497 e. The van der Waals surface area contributed by atoms with Crippen LogP contribution >= 0.6 is 35.0 Å². The summed E-state index contributed by atoms with van der Waals surface area (Å²) in [5.74, 6) is 1.09. The van der Waals surface area contributed by atoms with Crippen LogP contribution in [-0.2, 0) is 21.9 Å². The van der Waals surface area contributed by atoms with Gasteiger partial charge in [-0.2, -0.15) is 0 Å². The monoisotopic (exact) mass is 468 g/mol. The molecule has 2 aromatic rings. The van der Waals surface area contributed by atoms with Gasteiger partial charge >= 0.3 is 0 Å². The van der Waals surface area contributed by atoms with Crippen molar-refractivity contribution >= 4 is 46.8 Å². The Morgan fingerprint density at radius 3 is 2.47 bits per heavy atom. The number of carbonyl (C=O) groups excluding carboxylic acids is 2. The minimum atomic E-state index is -0.604. The summed E-state index contributed by atoms with van der Waals surface area (Å²) in [7, 11) is 1.59. The number of amides is 2. The van der Waals surface area contributed by atoms with E-state index in [1.165, 1.54) is 11.8 Å². The fourth-order valence-corrected chi connectivity index (χ4v) is 4.51. The first-order valence-electron chi connectivity index (χ1n) is 9.58. The molecule has 0 bridgehead atoms. The third-order valence-corrected chi connectivity index (χ3v) is 6.19. The van der Waals surface area contributed by atoms with E-state index in [4.69, 9.17) is 27.9 Å². The number of hydrogen-bond donors (Lipinski definition) is 1. The van der Waals surface area contributed by atoms with Gasteiger partial charge in [0.25, 0.3) is 0 Å². The van der Waals surface area contributed by atoms with Crippen LogP contribution in [0, 0.1) is 0 Å². The number of methoxy groups -OCH3 is 1. The SMILES string of the molecule is CCNC(=O)[C@H](C)N(Cc1cccc(OC)c1)C(=O)CSCc1c(Cl)cccc1Cl. The quantitative estimate of drug-likeness (QED) is 0.544. The summed E-state index contributed by atoms with van der Waals surface area (Å²) in [5, 5.41) is 3.94. The van der Waals surface area contributed by atoms with Crippen LogP contribution in [0.5, 0.6) is 5.75 Å². The normalized spacial score (nSPS) is 11.6. The average Bonchev–Trinajstić information content (AvgIpc) is 2.73. The second kappa shape index (κ2) is 12.1. The maximum atomic E-state index is 13.0. The summed E-state index contributed by atoms with van der Waals surface area (Å²) in [4.78, 5) is 27.0. The molecule has 2 aromatic carbocycles. The number of halogens is 2. The highest BCUT2D eigenvalue weighted by molar-refractivity contribution is 7.99. The van der Waals surface area contributed by atoms with Gasteiger partial charge < -0.3 is 15.0 Å². The molecule has 0 heterocycles. The highest BCUT2D eigenvalue weighted by Gasteiger charge is 2.26. The zero-order chi connectivity index (χ0) is 22.1. The summed E-state index contributed by atoms with van der Waals surface area (Å²) in [5.41, 5.74) is 1.69. The van der Waals surface area contributed by atoms with E-state index in [1.807, 2.05) is 31.2 Å². The van der Waals surface area contributed by atoms with Gasteiger partial charge in [-0.3, -0.25) is 9.59 Å². The molecule has 0 aliphatic heterocycles. The Bertz CT molecular complexity index is 859. The van der Waals surface area contributed by atoms with Gasteiger partial charge in [-0.25, -0.2) is 0 Å². The number of nitrogens with zero attached hydrogens (tertiary/aromatic N) is 1. The maximum absolute atomic E-state index is 13.0. The molecule has 0 aliphatic rings. The number of likely N-dealkylation sites (N-methyl/N-ethyl adjacent to an activating group) is 1. The first-order valence-corrected chi connectivity index (χ1v) is 11.5. The Balaban J connectivity index is 2.11. The van der Waals surface area contributed by atoms with Crippen LogP contribution in [0.25, 0.3) is 0 Å². The number of rotatable bonds is 10. The van der Waals surface area contributed by atoms with Crippen LogP contribution in [0.3, 0.4) is 0 Å². The van der Waals surface area contributed by atoms with Crippen LogP contribution in [0.1, 0.15) is 25.0 Å². The predicted octanol–water partition coefficient (Wildman–Crippen LogP) is 4.79. The number of ether oxygens (including phenoxy) is 1. The lowest BCUT2D eigenvalue weighted by Gasteiger charge is -2.28. The minimum absolute atomic E-state index is 0.134. The summed E-state index contributed by atoms with van der Waals surface area (Å²) >= 11 is 13.8. The van der Waals surface area contributed by atoms with Crippen molar-refractivity contribution in [2.24, 2.45) is 0 Å². The summed E-state index contributed by atoms with van der Waals surface area (Å²) in [6.07, 6.45) is 0. The van der Waals surface area contributed by atoms with Gasteiger partial charge in [0.15, 0.2) is 0 Å². The van der Waals surface area contributed by atoms with E-state index >= 15 is 0 Å². The van der Waals surface area contributed by atoms with E-state index in [1.54, 1.807) is 37.1 Å². The molecule has 1 N–H and O–H groups in total. The standard InChI is InChI=1S/C22H26Cl2N2O3S/c1-4-25-22(28)15(2)26(12-16-7-5-8-17(11-16)29-3)21(27)14-30-13-18-19(23)9-6-10-20(18)24/h5-11,15H,4,12-14H2,1-3H3,(H,25,28)/t15-/m0/s1. The van der Waals surface area contributed by atoms with Gasteiger partial charge in [0, 0.05) is 28.9 Å². The fraction of sp³-hybridized carbons (Fsp3) is 0.364. The smallest absolute Gasteiger partial charge is 0.242 e. The Hall–Kier alpha value is -1.89. The molecule has 2 rings (SSSR count). The highest BCUT2D eigenvalue weighted by Crippen LogP contribution is 2.28. The van der Waals surface area contributed by atoms with Crippen molar-refractivity contribution in [2.45, 2.75) is 32.2 Å². The number of carbonyl (C=O) groups is 2. The number of benzene rings is 2. The van der Waals surface area contributed by atoms with Gasteiger partial charge in [-0.05, 0) is 49.2 Å². The van der Waals surface area contributed by atoms with Crippen molar-refractivity contribution in [2.75, 3.05) is 19.4 Å². The van der Waals surface area contributed by atoms with Crippen molar-refractivity contribution in [1.29, 1.82) is 0 Å². The van der Waals surface area contributed by atoms with Crippen molar-refractivity contribution in [3.8, 4) is 5.75 Å². The van der Waals surface area contributed by atoms with Gasteiger partial charge in [0.05, 0.1) is 12.9 Å². The van der Waals surface area contributed by atoms with E-state index in [2.05, 4.69) is 5.32 Å². The van der Waals surface area contributed by atoms with Gasteiger partial charge in [-0.15, -0.1) is 11.8 Å². The lowest BCUT2D eigenvalue weighted by molar-refractivity contribution is -0.138. The largest absolute Gasteiger partial charge is 0.497 e. The van der Waals surface area contributed by atoms with Gasteiger partial charge in [-0.1, -0.05) is 41.4 Å². The van der Waals surface area contributed by atoms with Crippen molar-refractivity contribution in [3.05, 3.63) is 63.6 Å². The van der Waals surface area contributed by atoms with E-state index < -0.39 is 6.04 Å². The molecule has 0 radical (unpaired) electrons. The molecule has 0 aromatic heterocycles. The van der Waals surface area contributed by atoms with E-state index in [9.17, 15) is 9.59 Å². The zero-order valence-electron chi connectivity index (χ0n) is 17.3. The predicted molar refractivity (Wildman–Crippen MR) is 124 cm³/mol. The number of thioether (sulfide) groups is 1. The Morgan fingerprint density at radius 1 is 1.17 bits per heavy atom. The van der Waals surface area contributed by atoms with Crippen molar-refractivity contribution in [3.63, 3.8) is 0 Å². The van der Waals surface area contributed by atoms with Crippen LogP contribution < -0.4 is 10.1 Å². The first-order chi connectivity index (χ1) is 14.4. The molecule has 0 saturated heterocycles. The highest BCUT2D eigenvalue weighted by atomic mass is 35.5. The molecule has 0 aliphatic carbocycles. The lowest BCUT2D eigenvalue weighted by atomic mass is 10.1. The molecule has 162 valence electrons. The molecule has 0 saturated carbocycles. The molecule has 0 spiro atoms. The van der Waals surface area contributed by atoms with Gasteiger partial charge in [0.1, 0.15) is 11.8 Å². The Kier molecular flexibility index (Phi) is 9.82. The van der Waals surface area contributed by atoms with Crippen LogP contribution in [0.4, 0.5) is 0 Å². The van der Waals surface area contributed by atoms with Crippen molar-refractivity contribution < 1.29 is 14.3 Å². The fourth-order valence-electron chi connectivity index (χ4n) is 2.87. The molecule has 8 heteroatoms. The van der Waals surface area contributed by atoms with Crippen LogP contribution in [-0.4, -0.2) is 42.2 Å². The van der Waals surface area contributed by atoms with Crippen LogP contribution in [0.15, 0.2) is 42.5 Å². The third-order valence-electron chi connectivity index (χ3n) is 4.54. The number of hydrogen-bond acceptors (Lipinski definition) is 4. The molecule has 30 heavy (non-hydrogen) atoms. The molecule has 1 atom stereocenters. The zero-order valence-corrected chi connectivity index (χ0v) is 19.6. The van der Waals surface area contributed by atoms with Gasteiger partial charge in [0.2, 0.25) is 11.8 Å². The van der Waals surface area contributed by atoms with E-state index in [-0.39, 0.29) is 17.6 Å². The average molecular weight is 469 g/mol. The van der Waals surface area contributed by atoms with E-state index in [0.29, 0.717) is 34.6 Å². The molecule has 0 unspecified atom stereocenters. The first kappa shape index (κ1) is 24.4. The Morgan fingerprint density at radius 2 is 1.83 bits per heavy atom. The third kappa shape index (κ3) is 6.83. The second-order valence-corrected chi connectivity index (χ2v) is 8.44. The van der Waals surface area contributed by atoms with Crippen LogP contribution in [0.2, 0.25) is 10.0 Å². The summed E-state index contributed by atoms with van der Waals surface area (Å²) < 4.78 is 5.27. The van der Waals surface area contributed by atoms with Crippen molar-refractivity contribution in [1.82, 2.24) is 10.2 Å². The maximum Gasteiger partial charge on any atom is 0.242 e. The van der Waals surface area contributed by atoms with E-state index in [0.717, 1.165) is 11.1 Å². The lowest BCUT2D eigenvalue weighted by Crippen LogP contribution is -2.48. The molecule has 0 fully saturated rings. The topological polar surface area (TPSA) is 58.6 Å². The summed E-state index contributed by atoms with van der Waals surface area (Å²) in [6, 6.07) is 12.2. The molecule has 5 nitrogen and oxygen atoms in total. The second-order valence-electron chi connectivity index (χ2n) is 6.64.